The summed E-state index contributed by atoms with van der Waals surface area (Å²) in [5, 5.41) is 0. The van der Waals surface area contributed by atoms with Crippen LogP contribution < -0.4 is 0 Å². The average molecular weight is 201 g/mol. The summed E-state index contributed by atoms with van der Waals surface area (Å²) < 4.78 is 0.816. The van der Waals surface area contributed by atoms with Crippen molar-refractivity contribution in [1.82, 2.24) is 0 Å². The molecule has 1 saturated carbocycles. The van der Waals surface area contributed by atoms with E-state index in [0.717, 1.165) is 4.34 Å². The van der Waals surface area contributed by atoms with Crippen molar-refractivity contribution in [2.75, 3.05) is 0 Å². The minimum Gasteiger partial charge on any atom is -0.299 e. The highest BCUT2D eigenvalue weighted by Crippen LogP contribution is 2.42. The second-order valence-electron chi connectivity index (χ2n) is 3.21. The molecule has 0 N–H and O–H groups in total. The summed E-state index contributed by atoms with van der Waals surface area (Å²) in [5.41, 5.74) is 0. The molecule has 1 aliphatic carbocycles. The summed E-state index contributed by atoms with van der Waals surface area (Å²) in [7, 11) is 0. The summed E-state index contributed by atoms with van der Waals surface area (Å²) >= 11 is 7.39. The lowest BCUT2D eigenvalue weighted by atomic mass is 9.73. The predicted octanol–water partition coefficient (Wildman–Crippen LogP) is 3.09. The number of hydrogen-bond acceptors (Lipinski definition) is 2. The quantitative estimate of drug-likeness (QED) is 0.681. The highest BCUT2D eigenvalue weighted by molar-refractivity contribution is 7.16. The lowest BCUT2D eigenvalue weighted by Crippen LogP contribution is -2.32. The summed E-state index contributed by atoms with van der Waals surface area (Å²) in [5.74, 6) is 1.03. The zero-order valence-corrected chi connectivity index (χ0v) is 8.28. The molecule has 0 radical (unpaired) electrons. The third-order valence-electron chi connectivity index (χ3n) is 2.49. The number of rotatable bonds is 1. The van der Waals surface area contributed by atoms with Crippen molar-refractivity contribution in [3.63, 3.8) is 0 Å². The topological polar surface area (TPSA) is 17.1 Å². The van der Waals surface area contributed by atoms with Gasteiger partial charge in [0.15, 0.2) is 0 Å². The minimum absolute atomic E-state index is 0.208. The fourth-order valence-corrected chi connectivity index (χ4v) is 2.78. The second kappa shape index (κ2) is 2.86. The normalized spacial score (nSPS) is 28.7. The second-order valence-corrected chi connectivity index (χ2v) is 4.95. The van der Waals surface area contributed by atoms with Gasteiger partial charge >= 0.3 is 0 Å². The summed E-state index contributed by atoms with van der Waals surface area (Å²) in [6.45, 7) is 1.99. The summed E-state index contributed by atoms with van der Waals surface area (Å²) in [4.78, 5) is 12.2. The molecule has 1 nitrogen and oxygen atoms in total. The molecule has 1 fully saturated rings. The number of Topliss-reactive ketones (excluding diaryl/α,β-unsaturated/α-hetero) is 1. The van der Waals surface area contributed by atoms with E-state index in [9.17, 15) is 4.79 Å². The molecule has 64 valence electrons. The molecule has 0 amide bonds. The average Bonchev–Trinajstić information content (AvgIpc) is 2.46. The van der Waals surface area contributed by atoms with Crippen LogP contribution in [0.5, 0.6) is 0 Å². The Morgan fingerprint density at radius 2 is 2.33 bits per heavy atom. The Balaban J connectivity index is 2.17. The maximum atomic E-state index is 11.0. The monoisotopic (exact) mass is 200 g/mol. The maximum absolute atomic E-state index is 11.0. The van der Waals surface area contributed by atoms with E-state index >= 15 is 0 Å². The molecule has 0 bridgehead atoms. The molecule has 0 aliphatic heterocycles. The lowest BCUT2D eigenvalue weighted by molar-refractivity contribution is -0.129. The van der Waals surface area contributed by atoms with Crippen molar-refractivity contribution in [2.45, 2.75) is 19.3 Å². The SMILES string of the molecule is CC1C(=O)CC1c1ccc(Cl)s1. The van der Waals surface area contributed by atoms with Crippen molar-refractivity contribution in [3.8, 4) is 0 Å². The number of hydrogen-bond donors (Lipinski definition) is 0. The van der Waals surface area contributed by atoms with Gasteiger partial charge in [0.25, 0.3) is 0 Å². The van der Waals surface area contributed by atoms with Crippen molar-refractivity contribution < 1.29 is 4.79 Å². The van der Waals surface area contributed by atoms with Crippen LogP contribution in [0.25, 0.3) is 0 Å². The van der Waals surface area contributed by atoms with E-state index in [2.05, 4.69) is 0 Å². The van der Waals surface area contributed by atoms with Crippen LogP contribution in [-0.2, 0) is 4.79 Å². The molecular formula is C9H9ClOS. The maximum Gasteiger partial charge on any atom is 0.137 e. The van der Waals surface area contributed by atoms with E-state index in [4.69, 9.17) is 11.6 Å². The zero-order chi connectivity index (χ0) is 8.72. The van der Waals surface area contributed by atoms with Gasteiger partial charge in [-0.1, -0.05) is 18.5 Å². The van der Waals surface area contributed by atoms with Crippen LogP contribution in [-0.4, -0.2) is 5.78 Å². The highest BCUT2D eigenvalue weighted by Gasteiger charge is 2.37. The number of carbonyl (C=O) groups excluding carboxylic acids is 1. The first kappa shape index (κ1) is 8.27. The van der Waals surface area contributed by atoms with E-state index in [1.54, 1.807) is 11.3 Å². The zero-order valence-electron chi connectivity index (χ0n) is 6.71. The van der Waals surface area contributed by atoms with Crippen LogP contribution in [0.4, 0.5) is 0 Å². The fraction of sp³-hybridized carbons (Fsp3) is 0.444. The van der Waals surface area contributed by atoms with Crippen molar-refractivity contribution in [1.29, 1.82) is 0 Å². The van der Waals surface area contributed by atoms with Gasteiger partial charge < -0.3 is 0 Å². The van der Waals surface area contributed by atoms with Gasteiger partial charge in [0.2, 0.25) is 0 Å². The highest BCUT2D eigenvalue weighted by atomic mass is 35.5. The van der Waals surface area contributed by atoms with Gasteiger partial charge in [-0.05, 0) is 12.1 Å². The number of thiophene rings is 1. The van der Waals surface area contributed by atoms with Crippen molar-refractivity contribution in [2.24, 2.45) is 5.92 Å². The van der Waals surface area contributed by atoms with Crippen LogP contribution in [0.2, 0.25) is 4.34 Å². The van der Waals surface area contributed by atoms with Gasteiger partial charge in [-0.15, -0.1) is 11.3 Å². The third-order valence-corrected chi connectivity index (χ3v) is 3.86. The molecule has 1 aromatic heterocycles. The van der Waals surface area contributed by atoms with E-state index < -0.39 is 0 Å². The first-order valence-corrected chi connectivity index (χ1v) is 5.16. The molecule has 3 heteroatoms. The molecule has 0 saturated heterocycles. The smallest absolute Gasteiger partial charge is 0.137 e. The Morgan fingerprint density at radius 3 is 2.75 bits per heavy atom. The molecule has 1 aromatic rings. The summed E-state index contributed by atoms with van der Waals surface area (Å²) in [6.07, 6.45) is 0.706. The number of ketones is 1. The Hall–Kier alpha value is -0.340. The van der Waals surface area contributed by atoms with E-state index in [-0.39, 0.29) is 5.92 Å². The van der Waals surface area contributed by atoms with E-state index in [1.807, 2.05) is 19.1 Å². The summed E-state index contributed by atoms with van der Waals surface area (Å²) in [6, 6.07) is 3.93. The van der Waals surface area contributed by atoms with Gasteiger partial charge in [0.05, 0.1) is 4.34 Å². The van der Waals surface area contributed by atoms with Crippen LogP contribution in [0, 0.1) is 5.92 Å². The number of carbonyl (C=O) groups is 1. The van der Waals surface area contributed by atoms with Crippen LogP contribution >= 0.6 is 22.9 Å². The van der Waals surface area contributed by atoms with Gasteiger partial charge in [0.1, 0.15) is 5.78 Å². The first-order chi connectivity index (χ1) is 5.68. The molecule has 0 aromatic carbocycles. The molecule has 2 unspecified atom stereocenters. The molecule has 2 atom stereocenters. The molecule has 1 heterocycles. The molecular weight excluding hydrogens is 192 g/mol. The van der Waals surface area contributed by atoms with Gasteiger partial charge in [-0.2, -0.15) is 0 Å². The Bertz CT molecular complexity index is 318. The molecule has 2 rings (SSSR count). The Labute approximate surface area is 80.4 Å². The van der Waals surface area contributed by atoms with Crippen molar-refractivity contribution >= 4 is 28.7 Å². The molecule has 1 aliphatic rings. The van der Waals surface area contributed by atoms with Gasteiger partial charge in [-0.25, -0.2) is 0 Å². The van der Waals surface area contributed by atoms with E-state index in [0.29, 0.717) is 18.1 Å². The lowest BCUT2D eigenvalue weighted by Gasteiger charge is -2.31. The standard InChI is InChI=1S/C9H9ClOS/c1-5-6(4-7(5)11)8-2-3-9(10)12-8/h2-3,5-6H,4H2,1H3. The van der Waals surface area contributed by atoms with Crippen LogP contribution in [0.15, 0.2) is 12.1 Å². The van der Waals surface area contributed by atoms with Gasteiger partial charge in [0, 0.05) is 23.1 Å². The Morgan fingerprint density at radius 1 is 1.58 bits per heavy atom. The molecule has 0 spiro atoms. The third kappa shape index (κ3) is 1.19. The minimum atomic E-state index is 0.208. The van der Waals surface area contributed by atoms with Crippen LogP contribution in [0.1, 0.15) is 24.1 Å². The largest absolute Gasteiger partial charge is 0.299 e. The van der Waals surface area contributed by atoms with Gasteiger partial charge in [-0.3, -0.25) is 4.79 Å². The fourth-order valence-electron chi connectivity index (χ4n) is 1.52. The molecule has 12 heavy (non-hydrogen) atoms. The van der Waals surface area contributed by atoms with Crippen LogP contribution in [0.3, 0.4) is 0 Å². The number of halogens is 1. The predicted molar refractivity (Wildman–Crippen MR) is 50.9 cm³/mol. The Kier molecular flexibility index (Phi) is 1.97. The first-order valence-electron chi connectivity index (χ1n) is 3.96. The van der Waals surface area contributed by atoms with E-state index in [1.165, 1.54) is 4.88 Å². The van der Waals surface area contributed by atoms with Crippen molar-refractivity contribution in [3.05, 3.63) is 21.3 Å².